The number of hydrogen-bond acceptors (Lipinski definition) is 2. The Morgan fingerprint density at radius 1 is 1.33 bits per heavy atom. The van der Waals surface area contributed by atoms with Gasteiger partial charge >= 0.3 is 0 Å². The number of nitrogens with zero attached hydrogens (tertiary/aromatic N) is 1. The Morgan fingerprint density at radius 2 is 2.17 bits per heavy atom. The number of nitrogens with one attached hydrogen (secondary N) is 1. The minimum Gasteiger partial charge on any atom is -0.352 e. The molecule has 1 aromatic rings. The highest BCUT2D eigenvalue weighted by atomic mass is 79.9. The lowest BCUT2D eigenvalue weighted by Crippen LogP contribution is -2.33. The van der Waals surface area contributed by atoms with Gasteiger partial charge in [0.25, 0.3) is 0 Å². The molecular weight excluding hydrogens is 375 g/mol. The molecule has 1 aliphatic rings. The molecule has 2 amide bonds. The minimum atomic E-state index is -0.373. The molecule has 0 saturated carbocycles. The van der Waals surface area contributed by atoms with Crippen LogP contribution >= 0.6 is 15.9 Å². The van der Waals surface area contributed by atoms with Crippen molar-refractivity contribution in [3.05, 3.63) is 40.1 Å². The molecule has 0 bridgehead atoms. The molecule has 1 fully saturated rings. The molecule has 0 atom stereocenters. The van der Waals surface area contributed by atoms with Gasteiger partial charge in [-0.3, -0.25) is 9.59 Å². The van der Waals surface area contributed by atoms with Crippen LogP contribution in [0.2, 0.25) is 0 Å². The Hall–Kier alpha value is -1.69. The molecule has 2 rings (SSSR count). The maximum absolute atomic E-state index is 13.6. The zero-order chi connectivity index (χ0) is 17.4. The molecule has 24 heavy (non-hydrogen) atoms. The predicted octanol–water partition coefficient (Wildman–Crippen LogP) is 3.51. The summed E-state index contributed by atoms with van der Waals surface area (Å²) in [5.41, 5.74) is 0.356. The van der Waals surface area contributed by atoms with Crippen molar-refractivity contribution < 1.29 is 14.0 Å². The van der Waals surface area contributed by atoms with Crippen LogP contribution in [0.5, 0.6) is 0 Å². The fraction of sp³-hybridized carbons (Fsp3) is 0.444. The molecule has 0 aliphatic carbocycles. The first-order valence-electron chi connectivity index (χ1n) is 8.25. The Balaban J connectivity index is 1.72. The van der Waals surface area contributed by atoms with Crippen LogP contribution < -0.4 is 5.32 Å². The van der Waals surface area contributed by atoms with E-state index in [2.05, 4.69) is 21.2 Å². The van der Waals surface area contributed by atoms with E-state index in [1.807, 2.05) is 4.90 Å². The normalized spacial score (nSPS) is 15.6. The van der Waals surface area contributed by atoms with E-state index < -0.39 is 0 Å². The summed E-state index contributed by atoms with van der Waals surface area (Å²) in [6.45, 7) is 1.98. The Bertz CT molecular complexity index is 619. The molecular formula is C18H22BrFN2O2. The van der Waals surface area contributed by atoms with Crippen molar-refractivity contribution in [3.8, 4) is 0 Å². The number of benzene rings is 1. The highest BCUT2D eigenvalue weighted by molar-refractivity contribution is 9.10. The van der Waals surface area contributed by atoms with Gasteiger partial charge in [-0.15, -0.1) is 0 Å². The zero-order valence-corrected chi connectivity index (χ0v) is 15.1. The quantitative estimate of drug-likeness (QED) is 0.590. The molecule has 0 unspecified atom stereocenters. The molecule has 0 aromatic heterocycles. The van der Waals surface area contributed by atoms with Gasteiger partial charge in [0.15, 0.2) is 0 Å². The predicted molar refractivity (Wildman–Crippen MR) is 95.8 cm³/mol. The molecule has 0 spiro atoms. The summed E-state index contributed by atoms with van der Waals surface area (Å²) in [5.74, 6) is -0.428. The first-order valence-corrected chi connectivity index (χ1v) is 9.04. The maximum Gasteiger partial charge on any atom is 0.244 e. The number of rotatable bonds is 6. The van der Waals surface area contributed by atoms with Gasteiger partial charge in [-0.05, 0) is 43.5 Å². The van der Waals surface area contributed by atoms with E-state index in [0.717, 1.165) is 36.7 Å². The van der Waals surface area contributed by atoms with E-state index in [1.165, 1.54) is 18.2 Å². The van der Waals surface area contributed by atoms with Gasteiger partial charge in [-0.2, -0.15) is 0 Å². The standard InChI is InChI=1S/C18H22BrFN2O2/c19-15-7-8-16(20)14(13-15)6-9-17(23)21-10-4-12-22-11-3-1-2-5-18(22)24/h6-9,13H,1-5,10-12H2,(H,21,23)/b9-6+. The number of carbonyl (C=O) groups excluding carboxylic acids is 2. The molecule has 1 aromatic carbocycles. The van der Waals surface area contributed by atoms with Crippen molar-refractivity contribution in [1.82, 2.24) is 10.2 Å². The highest BCUT2D eigenvalue weighted by Gasteiger charge is 2.15. The summed E-state index contributed by atoms with van der Waals surface area (Å²) in [6.07, 6.45) is 7.26. The van der Waals surface area contributed by atoms with Gasteiger partial charge in [0.2, 0.25) is 11.8 Å². The summed E-state index contributed by atoms with van der Waals surface area (Å²) in [7, 11) is 0. The third-order valence-electron chi connectivity index (χ3n) is 3.95. The van der Waals surface area contributed by atoms with Gasteiger partial charge in [-0.1, -0.05) is 22.4 Å². The molecule has 0 radical (unpaired) electrons. The summed E-state index contributed by atoms with van der Waals surface area (Å²) in [4.78, 5) is 25.5. The van der Waals surface area contributed by atoms with Gasteiger partial charge in [0, 0.05) is 42.2 Å². The van der Waals surface area contributed by atoms with Crippen LogP contribution in [0.15, 0.2) is 28.7 Å². The first kappa shape index (κ1) is 18.6. The van der Waals surface area contributed by atoms with E-state index in [-0.39, 0.29) is 17.6 Å². The molecule has 1 aliphatic heterocycles. The van der Waals surface area contributed by atoms with E-state index >= 15 is 0 Å². The molecule has 1 heterocycles. The number of likely N-dealkylation sites (tertiary alicyclic amines) is 1. The number of carbonyl (C=O) groups is 2. The molecule has 1 N–H and O–H groups in total. The van der Waals surface area contributed by atoms with Crippen molar-refractivity contribution >= 4 is 33.8 Å². The highest BCUT2D eigenvalue weighted by Crippen LogP contribution is 2.16. The monoisotopic (exact) mass is 396 g/mol. The van der Waals surface area contributed by atoms with Crippen molar-refractivity contribution in [2.75, 3.05) is 19.6 Å². The SMILES string of the molecule is O=C(/C=C/c1cc(Br)ccc1F)NCCCN1CCCCCC1=O. The number of halogens is 2. The van der Waals surface area contributed by atoms with Crippen LogP contribution in [0.4, 0.5) is 4.39 Å². The largest absolute Gasteiger partial charge is 0.352 e. The fourth-order valence-corrected chi connectivity index (χ4v) is 3.00. The van der Waals surface area contributed by atoms with Crippen LogP contribution in [0, 0.1) is 5.82 Å². The minimum absolute atomic E-state index is 0.212. The smallest absolute Gasteiger partial charge is 0.244 e. The second-order valence-electron chi connectivity index (χ2n) is 5.84. The third-order valence-corrected chi connectivity index (χ3v) is 4.44. The molecule has 6 heteroatoms. The lowest BCUT2D eigenvalue weighted by Gasteiger charge is -2.20. The molecule has 4 nitrogen and oxygen atoms in total. The van der Waals surface area contributed by atoms with Crippen LogP contribution in [0.3, 0.4) is 0 Å². The molecule has 1 saturated heterocycles. The zero-order valence-electron chi connectivity index (χ0n) is 13.6. The van der Waals surface area contributed by atoms with Gasteiger partial charge in [0.1, 0.15) is 5.82 Å². The summed E-state index contributed by atoms with van der Waals surface area (Å²) >= 11 is 3.27. The average Bonchev–Trinajstić information content (AvgIpc) is 2.77. The average molecular weight is 397 g/mol. The van der Waals surface area contributed by atoms with Gasteiger partial charge in [-0.25, -0.2) is 4.39 Å². The van der Waals surface area contributed by atoms with Crippen LogP contribution in [-0.2, 0) is 9.59 Å². The molecule has 130 valence electrons. The van der Waals surface area contributed by atoms with Gasteiger partial charge in [0.05, 0.1) is 0 Å². The Kier molecular flexibility index (Phi) is 7.43. The topological polar surface area (TPSA) is 49.4 Å². The van der Waals surface area contributed by atoms with Crippen LogP contribution in [0.1, 0.15) is 37.7 Å². The third kappa shape index (κ3) is 6.07. The summed E-state index contributed by atoms with van der Waals surface area (Å²) in [6, 6.07) is 4.57. The lowest BCUT2D eigenvalue weighted by atomic mass is 10.2. The van der Waals surface area contributed by atoms with Gasteiger partial charge < -0.3 is 10.2 Å². The first-order chi connectivity index (χ1) is 11.6. The van der Waals surface area contributed by atoms with Crippen molar-refractivity contribution in [2.24, 2.45) is 0 Å². The van der Waals surface area contributed by atoms with E-state index in [1.54, 1.807) is 12.1 Å². The van der Waals surface area contributed by atoms with Crippen molar-refractivity contribution in [1.29, 1.82) is 0 Å². The van der Waals surface area contributed by atoms with Crippen LogP contribution in [-0.4, -0.2) is 36.3 Å². The second kappa shape index (κ2) is 9.57. The summed E-state index contributed by atoms with van der Waals surface area (Å²) in [5, 5.41) is 2.76. The number of amides is 2. The van der Waals surface area contributed by atoms with Crippen LogP contribution in [0.25, 0.3) is 6.08 Å². The summed E-state index contributed by atoms with van der Waals surface area (Å²) < 4.78 is 14.3. The Labute approximate surface area is 150 Å². The fourth-order valence-electron chi connectivity index (χ4n) is 2.62. The Morgan fingerprint density at radius 3 is 3.00 bits per heavy atom. The van der Waals surface area contributed by atoms with Crippen molar-refractivity contribution in [2.45, 2.75) is 32.1 Å². The van der Waals surface area contributed by atoms with E-state index in [4.69, 9.17) is 0 Å². The number of hydrogen-bond donors (Lipinski definition) is 1. The van der Waals surface area contributed by atoms with E-state index in [0.29, 0.717) is 25.1 Å². The van der Waals surface area contributed by atoms with Crippen molar-refractivity contribution in [3.63, 3.8) is 0 Å². The lowest BCUT2D eigenvalue weighted by molar-refractivity contribution is -0.130. The van der Waals surface area contributed by atoms with E-state index in [9.17, 15) is 14.0 Å². The maximum atomic E-state index is 13.6. The second-order valence-corrected chi connectivity index (χ2v) is 6.75.